The van der Waals surface area contributed by atoms with Crippen LogP contribution in [-0.4, -0.2) is 18.4 Å². The molecule has 3 rings (SSSR count). The first kappa shape index (κ1) is 18.9. The number of carbonyl (C=O) groups excluding carboxylic acids is 1. The number of rotatable bonds is 5. The van der Waals surface area contributed by atoms with Crippen molar-refractivity contribution in [3.8, 4) is 11.6 Å². The quantitative estimate of drug-likeness (QED) is 0.714. The molecule has 0 unspecified atom stereocenters. The van der Waals surface area contributed by atoms with Gasteiger partial charge in [-0.2, -0.15) is 13.2 Å². The van der Waals surface area contributed by atoms with Crippen LogP contribution in [0.2, 0.25) is 0 Å². The number of pyridine rings is 1. The van der Waals surface area contributed by atoms with Crippen molar-refractivity contribution in [3.05, 3.63) is 58.3 Å². The molecule has 1 aromatic heterocycles. The van der Waals surface area contributed by atoms with Crippen LogP contribution >= 0.6 is 0 Å². The van der Waals surface area contributed by atoms with Crippen LogP contribution in [0.4, 0.5) is 13.2 Å². The van der Waals surface area contributed by atoms with Gasteiger partial charge in [0.2, 0.25) is 5.88 Å². The Morgan fingerprint density at radius 2 is 1.96 bits per heavy atom. The monoisotopic (exact) mass is 377 g/mol. The second-order valence-electron chi connectivity index (χ2n) is 6.24. The summed E-state index contributed by atoms with van der Waals surface area (Å²) in [7, 11) is 1.27. The molecule has 0 saturated carbocycles. The SMILES string of the molecule is COc1nc(C(F)(F)F)ccc1COc1ccc2c(c1)CCC(C=O)=C2C. The van der Waals surface area contributed by atoms with Gasteiger partial charge < -0.3 is 9.47 Å². The fourth-order valence-electron chi connectivity index (χ4n) is 3.08. The lowest BCUT2D eigenvalue weighted by Gasteiger charge is -2.19. The summed E-state index contributed by atoms with van der Waals surface area (Å²) in [5.74, 6) is 0.482. The molecular weight excluding hydrogens is 359 g/mol. The summed E-state index contributed by atoms with van der Waals surface area (Å²) >= 11 is 0. The van der Waals surface area contributed by atoms with Crippen molar-refractivity contribution in [3.63, 3.8) is 0 Å². The molecule has 142 valence electrons. The van der Waals surface area contributed by atoms with Gasteiger partial charge in [-0.1, -0.05) is 6.07 Å². The Kier molecular flexibility index (Phi) is 5.21. The molecule has 0 bridgehead atoms. The number of aldehydes is 1. The molecule has 27 heavy (non-hydrogen) atoms. The van der Waals surface area contributed by atoms with E-state index < -0.39 is 11.9 Å². The zero-order chi connectivity index (χ0) is 19.6. The lowest BCUT2D eigenvalue weighted by Crippen LogP contribution is -2.10. The number of alkyl halides is 3. The van der Waals surface area contributed by atoms with Gasteiger partial charge in [0.15, 0.2) is 0 Å². The van der Waals surface area contributed by atoms with Gasteiger partial charge in [0.25, 0.3) is 0 Å². The van der Waals surface area contributed by atoms with Gasteiger partial charge in [-0.25, -0.2) is 4.98 Å². The number of halogens is 3. The van der Waals surface area contributed by atoms with Crippen LogP contribution in [0.25, 0.3) is 5.57 Å². The van der Waals surface area contributed by atoms with Crippen LogP contribution in [0, 0.1) is 0 Å². The van der Waals surface area contributed by atoms with Crippen LogP contribution in [0.5, 0.6) is 11.6 Å². The predicted molar refractivity (Wildman–Crippen MR) is 93.5 cm³/mol. The van der Waals surface area contributed by atoms with Crippen molar-refractivity contribution in [1.29, 1.82) is 0 Å². The maximum atomic E-state index is 12.8. The highest BCUT2D eigenvalue weighted by Gasteiger charge is 2.33. The summed E-state index contributed by atoms with van der Waals surface area (Å²) in [5, 5.41) is 0. The third-order valence-electron chi connectivity index (χ3n) is 4.59. The van der Waals surface area contributed by atoms with E-state index in [9.17, 15) is 18.0 Å². The van der Waals surface area contributed by atoms with E-state index in [0.717, 1.165) is 41.0 Å². The molecule has 0 fully saturated rings. The lowest BCUT2D eigenvalue weighted by atomic mass is 9.87. The van der Waals surface area contributed by atoms with Gasteiger partial charge >= 0.3 is 6.18 Å². The van der Waals surface area contributed by atoms with Crippen molar-refractivity contribution in [2.24, 2.45) is 0 Å². The average molecular weight is 377 g/mol. The summed E-state index contributed by atoms with van der Waals surface area (Å²) in [6, 6.07) is 7.77. The summed E-state index contributed by atoms with van der Waals surface area (Å²) in [4.78, 5) is 14.6. The lowest BCUT2D eigenvalue weighted by molar-refractivity contribution is -0.141. The highest BCUT2D eigenvalue weighted by atomic mass is 19.4. The first-order chi connectivity index (χ1) is 12.8. The second-order valence-corrected chi connectivity index (χ2v) is 6.24. The average Bonchev–Trinajstić information content (AvgIpc) is 2.65. The maximum absolute atomic E-state index is 12.8. The number of hydrogen-bond donors (Lipinski definition) is 0. The zero-order valence-corrected chi connectivity index (χ0v) is 14.9. The van der Waals surface area contributed by atoms with Crippen molar-refractivity contribution < 1.29 is 27.4 Å². The number of aromatic nitrogens is 1. The van der Waals surface area contributed by atoms with E-state index in [0.29, 0.717) is 17.7 Å². The first-order valence-corrected chi connectivity index (χ1v) is 8.35. The van der Waals surface area contributed by atoms with E-state index in [1.165, 1.54) is 13.2 Å². The molecule has 1 aliphatic rings. The largest absolute Gasteiger partial charge is 0.489 e. The van der Waals surface area contributed by atoms with Crippen LogP contribution < -0.4 is 9.47 Å². The van der Waals surface area contributed by atoms with E-state index >= 15 is 0 Å². The topological polar surface area (TPSA) is 48.4 Å². The second kappa shape index (κ2) is 7.42. The van der Waals surface area contributed by atoms with Crippen LogP contribution in [0.3, 0.4) is 0 Å². The molecule has 4 nitrogen and oxygen atoms in total. The Balaban J connectivity index is 1.78. The first-order valence-electron chi connectivity index (χ1n) is 8.35. The smallest absolute Gasteiger partial charge is 0.433 e. The third kappa shape index (κ3) is 3.97. The van der Waals surface area contributed by atoms with Crippen molar-refractivity contribution >= 4 is 11.9 Å². The standard InChI is InChI=1S/C20H18F3NO3/c1-12-14(10-25)4-3-13-9-16(6-7-17(12)13)27-11-15-5-8-18(20(21,22)23)24-19(15)26-2/h5-10H,3-4,11H2,1-2H3. The number of aryl methyl sites for hydroxylation is 1. The Morgan fingerprint density at radius 3 is 2.63 bits per heavy atom. The minimum absolute atomic E-state index is 0.0293. The van der Waals surface area contributed by atoms with E-state index in [-0.39, 0.29) is 12.5 Å². The number of nitrogens with zero attached hydrogens (tertiary/aromatic N) is 1. The van der Waals surface area contributed by atoms with E-state index in [1.54, 1.807) is 6.07 Å². The maximum Gasteiger partial charge on any atom is 0.433 e. The number of ether oxygens (including phenoxy) is 2. The number of allylic oxidation sites excluding steroid dienone is 2. The molecule has 1 heterocycles. The number of carbonyl (C=O) groups is 1. The normalized spacial score (nSPS) is 14.0. The minimum Gasteiger partial charge on any atom is -0.489 e. The fraction of sp³-hybridized carbons (Fsp3) is 0.300. The molecule has 1 aromatic carbocycles. The minimum atomic E-state index is -4.53. The Morgan fingerprint density at radius 1 is 1.19 bits per heavy atom. The summed E-state index contributed by atoms with van der Waals surface area (Å²) in [5.41, 5.74) is 3.27. The molecule has 0 atom stereocenters. The molecular formula is C20H18F3NO3. The third-order valence-corrected chi connectivity index (χ3v) is 4.59. The molecule has 1 aliphatic carbocycles. The van der Waals surface area contributed by atoms with Gasteiger partial charge in [-0.3, -0.25) is 4.79 Å². The number of benzene rings is 1. The van der Waals surface area contributed by atoms with Gasteiger partial charge in [0.05, 0.1) is 12.7 Å². The molecule has 0 amide bonds. The van der Waals surface area contributed by atoms with Crippen LogP contribution in [0.1, 0.15) is 35.7 Å². The van der Waals surface area contributed by atoms with Gasteiger partial charge in [0.1, 0.15) is 24.3 Å². The number of fused-ring (bicyclic) bond motifs is 1. The molecule has 0 aliphatic heterocycles. The Hall–Kier alpha value is -2.83. The predicted octanol–water partition coefficient (Wildman–Crippen LogP) is 4.61. The van der Waals surface area contributed by atoms with E-state index in [4.69, 9.17) is 9.47 Å². The van der Waals surface area contributed by atoms with Crippen molar-refractivity contribution in [2.45, 2.75) is 32.5 Å². The van der Waals surface area contributed by atoms with E-state index in [2.05, 4.69) is 4.98 Å². The number of hydrogen-bond acceptors (Lipinski definition) is 4. The Labute approximate surface area is 154 Å². The van der Waals surface area contributed by atoms with Gasteiger partial charge in [-0.15, -0.1) is 0 Å². The highest BCUT2D eigenvalue weighted by Crippen LogP contribution is 2.33. The molecule has 0 radical (unpaired) electrons. The van der Waals surface area contributed by atoms with Crippen molar-refractivity contribution in [2.75, 3.05) is 7.11 Å². The zero-order valence-electron chi connectivity index (χ0n) is 14.9. The summed E-state index contributed by atoms with van der Waals surface area (Å²) < 4.78 is 49.0. The van der Waals surface area contributed by atoms with Gasteiger partial charge in [-0.05, 0) is 66.3 Å². The van der Waals surface area contributed by atoms with Crippen molar-refractivity contribution in [1.82, 2.24) is 4.98 Å². The summed E-state index contributed by atoms with van der Waals surface area (Å²) in [6.45, 7) is 1.95. The molecule has 0 saturated heterocycles. The Bertz CT molecular complexity index is 904. The molecule has 7 heteroatoms. The fourth-order valence-corrected chi connectivity index (χ4v) is 3.08. The number of methoxy groups -OCH3 is 1. The van der Waals surface area contributed by atoms with E-state index in [1.807, 2.05) is 19.1 Å². The molecule has 2 aromatic rings. The molecule has 0 spiro atoms. The molecule has 0 N–H and O–H groups in total. The summed E-state index contributed by atoms with van der Waals surface area (Å²) in [6.07, 6.45) is -2.21. The van der Waals surface area contributed by atoms with Crippen LogP contribution in [-0.2, 0) is 24.0 Å². The van der Waals surface area contributed by atoms with Gasteiger partial charge in [0, 0.05) is 0 Å². The van der Waals surface area contributed by atoms with Crippen LogP contribution in [0.15, 0.2) is 35.9 Å². The highest BCUT2D eigenvalue weighted by molar-refractivity contribution is 5.89.